The molecule has 0 bridgehead atoms. The fourth-order valence-corrected chi connectivity index (χ4v) is 1.87. The maximum atomic E-state index is 13.6. The predicted octanol–water partition coefficient (Wildman–Crippen LogP) is 3.07. The summed E-state index contributed by atoms with van der Waals surface area (Å²) in [4.78, 5) is 11.3. The zero-order chi connectivity index (χ0) is 11.8. The largest absolute Gasteiger partial charge is 0.338 e. The van der Waals surface area contributed by atoms with E-state index in [0.717, 1.165) is 16.6 Å². The van der Waals surface area contributed by atoms with Gasteiger partial charge in [0.15, 0.2) is 5.82 Å². The van der Waals surface area contributed by atoms with Crippen molar-refractivity contribution in [3.63, 3.8) is 0 Å². The van der Waals surface area contributed by atoms with Crippen LogP contribution in [0.15, 0.2) is 36.7 Å². The third-order valence-electron chi connectivity index (χ3n) is 2.74. The van der Waals surface area contributed by atoms with Crippen LogP contribution in [-0.4, -0.2) is 15.0 Å². The average molecular weight is 227 g/mol. The molecule has 0 aliphatic carbocycles. The van der Waals surface area contributed by atoms with E-state index < -0.39 is 0 Å². The van der Waals surface area contributed by atoms with E-state index in [9.17, 15) is 4.39 Å². The number of nitrogens with one attached hydrogen (secondary N) is 1. The molecule has 0 unspecified atom stereocenters. The summed E-state index contributed by atoms with van der Waals surface area (Å²) in [6.45, 7) is 1.98. The molecule has 0 atom stereocenters. The number of imidazole rings is 1. The van der Waals surface area contributed by atoms with Gasteiger partial charge in [0.25, 0.3) is 0 Å². The molecule has 3 nitrogen and oxygen atoms in total. The lowest BCUT2D eigenvalue weighted by Crippen LogP contribution is -1.87. The van der Waals surface area contributed by atoms with Gasteiger partial charge < -0.3 is 4.98 Å². The van der Waals surface area contributed by atoms with E-state index in [1.807, 2.05) is 25.1 Å². The summed E-state index contributed by atoms with van der Waals surface area (Å²) < 4.78 is 13.6. The molecule has 0 aliphatic heterocycles. The van der Waals surface area contributed by atoms with E-state index in [2.05, 4.69) is 15.0 Å². The van der Waals surface area contributed by atoms with Gasteiger partial charge in [-0.25, -0.2) is 9.37 Å². The highest BCUT2D eigenvalue weighted by Gasteiger charge is 2.10. The number of para-hydroxylation sites is 1. The number of H-pyrrole nitrogens is 1. The van der Waals surface area contributed by atoms with Gasteiger partial charge in [0, 0.05) is 6.20 Å². The molecule has 0 saturated carbocycles. The summed E-state index contributed by atoms with van der Waals surface area (Å²) in [6.07, 6.45) is 2.74. The molecule has 2 heterocycles. The first-order valence-electron chi connectivity index (χ1n) is 5.31. The molecular weight excluding hydrogens is 217 g/mol. The number of hydrogen-bond donors (Lipinski definition) is 1. The van der Waals surface area contributed by atoms with Crippen molar-refractivity contribution in [2.75, 3.05) is 0 Å². The topological polar surface area (TPSA) is 41.6 Å². The van der Waals surface area contributed by atoms with Crippen LogP contribution in [0, 0.1) is 12.7 Å². The smallest absolute Gasteiger partial charge is 0.152 e. The molecule has 1 N–H and O–H groups in total. The Labute approximate surface area is 97.3 Å². The summed E-state index contributed by atoms with van der Waals surface area (Å²) in [5.41, 5.74) is 3.30. The van der Waals surface area contributed by atoms with E-state index >= 15 is 0 Å². The third kappa shape index (κ3) is 1.58. The van der Waals surface area contributed by atoms with Crippen molar-refractivity contribution in [2.45, 2.75) is 6.92 Å². The number of pyridine rings is 1. The lowest BCUT2D eigenvalue weighted by Gasteiger charge is -1.96. The van der Waals surface area contributed by atoms with Crippen LogP contribution in [0.5, 0.6) is 0 Å². The van der Waals surface area contributed by atoms with Gasteiger partial charge in [-0.2, -0.15) is 0 Å². The summed E-state index contributed by atoms with van der Waals surface area (Å²) in [7, 11) is 0. The Morgan fingerprint density at radius 2 is 2.12 bits per heavy atom. The van der Waals surface area contributed by atoms with Crippen molar-refractivity contribution in [1.29, 1.82) is 0 Å². The van der Waals surface area contributed by atoms with E-state index in [1.165, 1.54) is 6.20 Å². The van der Waals surface area contributed by atoms with Gasteiger partial charge in [0.1, 0.15) is 5.82 Å². The van der Waals surface area contributed by atoms with Gasteiger partial charge in [-0.15, -0.1) is 0 Å². The van der Waals surface area contributed by atoms with Gasteiger partial charge in [0.2, 0.25) is 0 Å². The van der Waals surface area contributed by atoms with Crippen molar-refractivity contribution in [3.05, 3.63) is 48.0 Å². The summed E-state index contributed by atoms with van der Waals surface area (Å²) in [5, 5.41) is 0. The first kappa shape index (κ1) is 9.96. The third-order valence-corrected chi connectivity index (χ3v) is 2.74. The molecule has 17 heavy (non-hydrogen) atoms. The maximum Gasteiger partial charge on any atom is 0.152 e. The van der Waals surface area contributed by atoms with Crippen LogP contribution >= 0.6 is 0 Å². The van der Waals surface area contributed by atoms with Crippen molar-refractivity contribution >= 4 is 11.0 Å². The Bertz CT molecular complexity index is 688. The Morgan fingerprint density at radius 1 is 1.24 bits per heavy atom. The number of halogens is 1. The highest BCUT2D eigenvalue weighted by molar-refractivity contribution is 5.82. The number of benzene rings is 1. The molecule has 0 radical (unpaired) electrons. The maximum absolute atomic E-state index is 13.6. The van der Waals surface area contributed by atoms with Gasteiger partial charge in [0.05, 0.1) is 22.8 Å². The number of aryl methyl sites for hydroxylation is 1. The van der Waals surface area contributed by atoms with E-state index in [-0.39, 0.29) is 5.82 Å². The van der Waals surface area contributed by atoms with Gasteiger partial charge in [-0.1, -0.05) is 12.1 Å². The molecule has 4 heteroatoms. The van der Waals surface area contributed by atoms with Crippen LogP contribution in [0.2, 0.25) is 0 Å². The second kappa shape index (κ2) is 3.66. The minimum absolute atomic E-state index is 0.371. The van der Waals surface area contributed by atoms with Gasteiger partial charge in [-0.3, -0.25) is 4.98 Å². The lowest BCUT2D eigenvalue weighted by molar-refractivity contribution is 0.624. The zero-order valence-corrected chi connectivity index (χ0v) is 9.24. The van der Waals surface area contributed by atoms with Crippen LogP contribution in [0.3, 0.4) is 0 Å². The fourth-order valence-electron chi connectivity index (χ4n) is 1.87. The number of fused-ring (bicyclic) bond motifs is 1. The number of rotatable bonds is 1. The molecule has 84 valence electrons. The molecule has 0 spiro atoms. The molecule has 0 fully saturated rings. The van der Waals surface area contributed by atoms with Crippen LogP contribution in [0.4, 0.5) is 4.39 Å². The Balaban J connectivity index is 2.26. The number of nitrogens with zero attached hydrogens (tertiary/aromatic N) is 2. The molecular formula is C13H10FN3. The molecule has 3 aromatic rings. The number of aromatic amines is 1. The SMILES string of the molecule is Cc1cccc2[nH]c(-c3ccncc3F)nc12. The number of aromatic nitrogens is 3. The minimum Gasteiger partial charge on any atom is -0.338 e. The first-order chi connectivity index (χ1) is 8.25. The normalized spacial score (nSPS) is 10.9. The highest BCUT2D eigenvalue weighted by Crippen LogP contribution is 2.23. The lowest BCUT2D eigenvalue weighted by atomic mass is 10.2. The first-order valence-corrected chi connectivity index (χ1v) is 5.31. The van der Waals surface area contributed by atoms with Crippen molar-refractivity contribution < 1.29 is 4.39 Å². The molecule has 0 aliphatic rings. The highest BCUT2D eigenvalue weighted by atomic mass is 19.1. The Kier molecular flexibility index (Phi) is 2.14. The molecule has 0 amide bonds. The van der Waals surface area contributed by atoms with Crippen molar-refractivity contribution in [2.24, 2.45) is 0 Å². The number of hydrogen-bond acceptors (Lipinski definition) is 2. The summed E-state index contributed by atoms with van der Waals surface area (Å²) in [6, 6.07) is 7.47. The average Bonchev–Trinajstić information content (AvgIpc) is 2.75. The fraction of sp³-hybridized carbons (Fsp3) is 0.0769. The minimum atomic E-state index is -0.371. The molecule has 0 saturated heterocycles. The molecule has 3 rings (SSSR count). The predicted molar refractivity (Wildman–Crippen MR) is 64.0 cm³/mol. The molecule has 1 aromatic carbocycles. The van der Waals surface area contributed by atoms with Crippen molar-refractivity contribution in [1.82, 2.24) is 15.0 Å². The standard InChI is InChI=1S/C13H10FN3/c1-8-3-2-4-11-12(8)17-13(16-11)9-5-6-15-7-10(9)14/h2-7H,1H3,(H,16,17). The van der Waals surface area contributed by atoms with E-state index in [4.69, 9.17) is 0 Å². The second-order valence-electron chi connectivity index (χ2n) is 3.91. The van der Waals surface area contributed by atoms with Crippen LogP contribution in [-0.2, 0) is 0 Å². The monoisotopic (exact) mass is 227 g/mol. The Morgan fingerprint density at radius 3 is 2.88 bits per heavy atom. The zero-order valence-electron chi connectivity index (χ0n) is 9.24. The van der Waals surface area contributed by atoms with E-state index in [1.54, 1.807) is 12.3 Å². The van der Waals surface area contributed by atoms with E-state index in [0.29, 0.717) is 11.4 Å². The van der Waals surface area contributed by atoms with Crippen molar-refractivity contribution in [3.8, 4) is 11.4 Å². The van der Waals surface area contributed by atoms with Crippen LogP contribution in [0.1, 0.15) is 5.56 Å². The van der Waals surface area contributed by atoms with Crippen LogP contribution in [0.25, 0.3) is 22.4 Å². The summed E-state index contributed by atoms with van der Waals surface area (Å²) in [5.74, 6) is 0.165. The quantitative estimate of drug-likeness (QED) is 0.694. The summed E-state index contributed by atoms with van der Waals surface area (Å²) >= 11 is 0. The van der Waals surface area contributed by atoms with Crippen LogP contribution < -0.4 is 0 Å². The Hall–Kier alpha value is -2.23. The van der Waals surface area contributed by atoms with Gasteiger partial charge >= 0.3 is 0 Å². The van der Waals surface area contributed by atoms with Gasteiger partial charge in [-0.05, 0) is 24.6 Å². The second-order valence-corrected chi connectivity index (χ2v) is 3.91. The molecule has 2 aromatic heterocycles.